The Kier molecular flexibility index (Phi) is 4.68. The standard InChI is InChI=1S/C12H11N3O4S/c1-8(12(16)19-2)20(17,18)15-11-4-3-9(6-13)10(5-11)7-14/h3-5,8,15H,1-2H3. The Morgan fingerprint density at radius 3 is 2.40 bits per heavy atom. The molecule has 0 spiro atoms. The van der Waals surface area contributed by atoms with Gasteiger partial charge in [-0.1, -0.05) is 0 Å². The van der Waals surface area contributed by atoms with E-state index >= 15 is 0 Å². The second-order valence-electron chi connectivity index (χ2n) is 3.80. The lowest BCUT2D eigenvalue weighted by atomic mass is 10.1. The van der Waals surface area contributed by atoms with E-state index in [-0.39, 0.29) is 16.8 Å². The van der Waals surface area contributed by atoms with Crippen molar-refractivity contribution in [1.82, 2.24) is 0 Å². The summed E-state index contributed by atoms with van der Waals surface area (Å²) in [6, 6.07) is 7.47. The molecule has 0 fully saturated rings. The molecule has 0 aliphatic heterocycles. The molecule has 0 aliphatic carbocycles. The number of rotatable bonds is 4. The van der Waals surface area contributed by atoms with Gasteiger partial charge in [0.25, 0.3) is 0 Å². The molecule has 0 saturated heterocycles. The third-order valence-corrected chi connectivity index (χ3v) is 4.16. The third-order valence-electron chi connectivity index (χ3n) is 2.52. The van der Waals surface area contributed by atoms with E-state index in [4.69, 9.17) is 10.5 Å². The van der Waals surface area contributed by atoms with E-state index in [2.05, 4.69) is 9.46 Å². The molecule has 0 heterocycles. The highest BCUT2D eigenvalue weighted by molar-refractivity contribution is 7.94. The molecule has 20 heavy (non-hydrogen) atoms. The fraction of sp³-hybridized carbons (Fsp3) is 0.250. The number of benzene rings is 1. The summed E-state index contributed by atoms with van der Waals surface area (Å²) in [6.45, 7) is 1.18. The number of nitriles is 2. The van der Waals surface area contributed by atoms with Crippen LogP contribution in [0.2, 0.25) is 0 Å². The zero-order chi connectivity index (χ0) is 15.3. The van der Waals surface area contributed by atoms with Crippen LogP contribution >= 0.6 is 0 Å². The zero-order valence-electron chi connectivity index (χ0n) is 10.7. The van der Waals surface area contributed by atoms with Gasteiger partial charge in [-0.05, 0) is 25.1 Å². The number of anilines is 1. The Bertz CT molecular complexity index is 713. The van der Waals surface area contributed by atoms with Gasteiger partial charge in [0.15, 0.2) is 5.25 Å². The van der Waals surface area contributed by atoms with E-state index in [0.29, 0.717) is 0 Å². The highest BCUT2D eigenvalue weighted by Crippen LogP contribution is 2.17. The van der Waals surface area contributed by atoms with Crippen molar-refractivity contribution in [3.8, 4) is 12.1 Å². The van der Waals surface area contributed by atoms with E-state index in [0.717, 1.165) is 7.11 Å². The number of carbonyl (C=O) groups is 1. The summed E-state index contributed by atoms with van der Waals surface area (Å²) >= 11 is 0. The van der Waals surface area contributed by atoms with Crippen LogP contribution in [0.4, 0.5) is 5.69 Å². The van der Waals surface area contributed by atoms with Crippen LogP contribution in [-0.4, -0.2) is 26.7 Å². The number of ether oxygens (including phenoxy) is 1. The molecule has 1 unspecified atom stereocenters. The van der Waals surface area contributed by atoms with Crippen LogP contribution in [0, 0.1) is 22.7 Å². The van der Waals surface area contributed by atoms with Gasteiger partial charge >= 0.3 is 5.97 Å². The van der Waals surface area contributed by atoms with Crippen molar-refractivity contribution >= 4 is 21.7 Å². The number of sulfonamides is 1. The molecule has 7 nitrogen and oxygen atoms in total. The van der Waals surface area contributed by atoms with Crippen LogP contribution < -0.4 is 4.72 Å². The maximum Gasteiger partial charge on any atom is 0.325 e. The van der Waals surface area contributed by atoms with E-state index in [1.807, 2.05) is 6.07 Å². The molecule has 1 N–H and O–H groups in total. The Labute approximate surface area is 116 Å². The van der Waals surface area contributed by atoms with Crippen LogP contribution in [0.1, 0.15) is 18.1 Å². The smallest absolute Gasteiger partial charge is 0.325 e. The van der Waals surface area contributed by atoms with E-state index in [1.54, 1.807) is 6.07 Å². The molecule has 0 radical (unpaired) electrons. The van der Waals surface area contributed by atoms with Gasteiger partial charge < -0.3 is 4.74 Å². The Morgan fingerprint density at radius 1 is 1.30 bits per heavy atom. The summed E-state index contributed by atoms with van der Waals surface area (Å²) in [6.07, 6.45) is 0. The number of nitrogens with one attached hydrogen (secondary N) is 1. The molecule has 1 rings (SSSR count). The number of methoxy groups -OCH3 is 1. The summed E-state index contributed by atoms with van der Waals surface area (Å²) < 4.78 is 30.3. The molecule has 104 valence electrons. The van der Waals surface area contributed by atoms with Gasteiger partial charge in [0.2, 0.25) is 10.0 Å². The molecule has 0 aromatic heterocycles. The maximum atomic E-state index is 11.9. The fourth-order valence-corrected chi connectivity index (χ4v) is 2.32. The van der Waals surface area contributed by atoms with E-state index in [1.165, 1.54) is 25.1 Å². The van der Waals surface area contributed by atoms with Gasteiger partial charge in [-0.25, -0.2) is 8.42 Å². The van der Waals surface area contributed by atoms with Crippen LogP contribution in [0.5, 0.6) is 0 Å². The van der Waals surface area contributed by atoms with Gasteiger partial charge in [0.05, 0.1) is 18.2 Å². The molecule has 8 heteroatoms. The lowest BCUT2D eigenvalue weighted by Gasteiger charge is -2.13. The monoisotopic (exact) mass is 293 g/mol. The van der Waals surface area contributed by atoms with Gasteiger partial charge in [-0.3, -0.25) is 9.52 Å². The van der Waals surface area contributed by atoms with Crippen LogP contribution in [0.25, 0.3) is 0 Å². The highest BCUT2D eigenvalue weighted by atomic mass is 32.2. The van der Waals surface area contributed by atoms with Gasteiger partial charge in [-0.2, -0.15) is 10.5 Å². The third kappa shape index (κ3) is 3.25. The average Bonchev–Trinajstić information content (AvgIpc) is 2.44. The highest BCUT2D eigenvalue weighted by Gasteiger charge is 2.28. The van der Waals surface area contributed by atoms with Crippen molar-refractivity contribution in [2.24, 2.45) is 0 Å². The lowest BCUT2D eigenvalue weighted by Crippen LogP contribution is -2.33. The van der Waals surface area contributed by atoms with Gasteiger partial charge in [0, 0.05) is 5.69 Å². The largest absolute Gasteiger partial charge is 0.468 e. The predicted octanol–water partition coefficient (Wildman–Crippen LogP) is 0.733. The SMILES string of the molecule is COC(=O)C(C)S(=O)(=O)Nc1ccc(C#N)c(C#N)c1. The van der Waals surface area contributed by atoms with Crippen molar-refractivity contribution in [2.45, 2.75) is 12.2 Å². The van der Waals surface area contributed by atoms with Crippen LogP contribution in [-0.2, 0) is 19.6 Å². The Hall–Kier alpha value is -2.58. The fourth-order valence-electron chi connectivity index (χ4n) is 1.34. The topological polar surface area (TPSA) is 120 Å². The minimum Gasteiger partial charge on any atom is -0.468 e. The Balaban J connectivity index is 3.09. The molecule has 0 amide bonds. The predicted molar refractivity (Wildman–Crippen MR) is 69.9 cm³/mol. The average molecular weight is 293 g/mol. The van der Waals surface area contributed by atoms with Crippen molar-refractivity contribution in [2.75, 3.05) is 11.8 Å². The summed E-state index contributed by atoms with van der Waals surface area (Å²) in [7, 11) is -2.90. The minimum atomic E-state index is -3.99. The second-order valence-corrected chi connectivity index (χ2v) is 5.80. The maximum absolute atomic E-state index is 11.9. The summed E-state index contributed by atoms with van der Waals surface area (Å²) in [5, 5.41) is 16.2. The molecule has 0 aliphatic rings. The van der Waals surface area contributed by atoms with Crippen molar-refractivity contribution < 1.29 is 17.9 Å². The summed E-state index contributed by atoms with van der Waals surface area (Å²) in [5.74, 6) is -0.897. The summed E-state index contributed by atoms with van der Waals surface area (Å²) in [4.78, 5) is 11.2. The first-order chi connectivity index (χ1) is 9.35. The number of hydrogen-bond acceptors (Lipinski definition) is 6. The van der Waals surface area contributed by atoms with Crippen molar-refractivity contribution in [1.29, 1.82) is 10.5 Å². The lowest BCUT2D eigenvalue weighted by molar-refractivity contribution is -0.139. The molecule has 0 bridgehead atoms. The van der Waals surface area contributed by atoms with Crippen molar-refractivity contribution in [3.63, 3.8) is 0 Å². The summed E-state index contributed by atoms with van der Waals surface area (Å²) in [5.41, 5.74) is 0.270. The number of hydrogen-bond donors (Lipinski definition) is 1. The molecule has 0 saturated carbocycles. The molecular weight excluding hydrogens is 282 g/mol. The quantitative estimate of drug-likeness (QED) is 0.817. The second kappa shape index (κ2) is 6.04. The van der Waals surface area contributed by atoms with Crippen LogP contribution in [0.3, 0.4) is 0 Å². The molecular formula is C12H11N3O4S. The van der Waals surface area contributed by atoms with E-state index in [9.17, 15) is 13.2 Å². The zero-order valence-corrected chi connectivity index (χ0v) is 11.6. The van der Waals surface area contributed by atoms with E-state index < -0.39 is 21.2 Å². The van der Waals surface area contributed by atoms with Crippen molar-refractivity contribution in [3.05, 3.63) is 29.3 Å². The molecule has 1 aromatic carbocycles. The first kappa shape index (κ1) is 15.5. The molecule has 1 aromatic rings. The normalized spacial score (nSPS) is 11.8. The Morgan fingerprint density at radius 2 is 1.90 bits per heavy atom. The number of carbonyl (C=O) groups excluding carboxylic acids is 1. The molecule has 1 atom stereocenters. The first-order valence-corrected chi connectivity index (χ1v) is 6.94. The van der Waals surface area contributed by atoms with Gasteiger partial charge in [0.1, 0.15) is 12.1 Å². The number of nitrogens with zero attached hydrogens (tertiary/aromatic N) is 2. The van der Waals surface area contributed by atoms with Gasteiger partial charge in [-0.15, -0.1) is 0 Å². The number of esters is 1. The first-order valence-electron chi connectivity index (χ1n) is 5.39. The van der Waals surface area contributed by atoms with Crippen LogP contribution in [0.15, 0.2) is 18.2 Å². The minimum absolute atomic E-state index is 0.0402.